The predicted octanol–water partition coefficient (Wildman–Crippen LogP) is 2.72. The third-order valence-electron chi connectivity index (χ3n) is 6.79. The van der Waals surface area contributed by atoms with Gasteiger partial charge in [0.25, 0.3) is 5.91 Å². The standard InChI is InChI=1S/C25H32N4O3S/c1-17-11-12-21(33-17)25(32)29-15-13-28(14-16-29)20-10-6-5-9-19(20)24(31)27-22(23(26)30)18-7-3-2-4-8-18/h2-4,7-8,11-12,19-20,22H,5-6,9-10,13-16H2,1H3,(H2,26,30)(H,27,31)/t19-,20-,22+/m1/s1. The van der Waals surface area contributed by atoms with Crippen LogP contribution in [0.3, 0.4) is 0 Å². The number of benzene rings is 1. The number of carbonyl (C=O) groups excluding carboxylic acids is 3. The molecule has 4 rings (SSSR count). The molecule has 2 aliphatic rings. The first-order chi connectivity index (χ1) is 15.9. The van der Waals surface area contributed by atoms with Crippen LogP contribution < -0.4 is 11.1 Å². The summed E-state index contributed by atoms with van der Waals surface area (Å²) in [5.41, 5.74) is 6.31. The SMILES string of the molecule is Cc1ccc(C(=O)N2CCN([C@@H]3CCCC[C@H]3C(=O)N[C@H](C(N)=O)c3ccccc3)CC2)s1. The van der Waals surface area contributed by atoms with Crippen molar-refractivity contribution in [3.8, 4) is 0 Å². The van der Waals surface area contributed by atoms with Crippen molar-refractivity contribution in [1.82, 2.24) is 15.1 Å². The Labute approximate surface area is 198 Å². The number of nitrogens with one attached hydrogen (secondary N) is 1. The molecule has 2 heterocycles. The molecule has 3 amide bonds. The topological polar surface area (TPSA) is 95.7 Å². The van der Waals surface area contributed by atoms with E-state index in [1.807, 2.05) is 42.2 Å². The van der Waals surface area contributed by atoms with Crippen molar-refractivity contribution in [2.24, 2.45) is 11.7 Å². The molecule has 3 N–H and O–H groups in total. The van der Waals surface area contributed by atoms with Gasteiger partial charge < -0.3 is 16.0 Å². The van der Waals surface area contributed by atoms with Crippen molar-refractivity contribution in [2.45, 2.75) is 44.7 Å². The molecular weight excluding hydrogens is 436 g/mol. The van der Waals surface area contributed by atoms with Gasteiger partial charge in [0.05, 0.1) is 10.8 Å². The first-order valence-electron chi connectivity index (χ1n) is 11.7. The van der Waals surface area contributed by atoms with Gasteiger partial charge in [0.2, 0.25) is 11.8 Å². The molecule has 1 saturated heterocycles. The maximum atomic E-state index is 13.3. The quantitative estimate of drug-likeness (QED) is 0.681. The van der Waals surface area contributed by atoms with Crippen molar-refractivity contribution in [2.75, 3.05) is 26.2 Å². The monoisotopic (exact) mass is 468 g/mol. The second-order valence-corrected chi connectivity index (χ2v) is 10.2. The number of amides is 3. The lowest BCUT2D eigenvalue weighted by molar-refractivity contribution is -0.133. The predicted molar refractivity (Wildman–Crippen MR) is 129 cm³/mol. The zero-order valence-electron chi connectivity index (χ0n) is 19.0. The number of nitrogens with two attached hydrogens (primary N) is 1. The molecule has 3 atom stereocenters. The molecule has 7 nitrogen and oxygen atoms in total. The Balaban J connectivity index is 1.39. The third-order valence-corrected chi connectivity index (χ3v) is 7.78. The summed E-state index contributed by atoms with van der Waals surface area (Å²) in [6, 6.07) is 12.3. The highest BCUT2D eigenvalue weighted by atomic mass is 32.1. The number of hydrogen-bond donors (Lipinski definition) is 2. The van der Waals surface area contributed by atoms with Gasteiger partial charge in [-0.15, -0.1) is 11.3 Å². The van der Waals surface area contributed by atoms with Crippen LogP contribution in [0, 0.1) is 12.8 Å². The van der Waals surface area contributed by atoms with Gasteiger partial charge in [0.1, 0.15) is 6.04 Å². The number of primary amides is 1. The molecule has 1 aliphatic carbocycles. The van der Waals surface area contributed by atoms with E-state index < -0.39 is 11.9 Å². The largest absolute Gasteiger partial charge is 0.368 e. The molecule has 1 aromatic carbocycles. The Hall–Kier alpha value is -2.71. The smallest absolute Gasteiger partial charge is 0.264 e. The van der Waals surface area contributed by atoms with Gasteiger partial charge in [-0.1, -0.05) is 43.2 Å². The molecule has 33 heavy (non-hydrogen) atoms. The van der Waals surface area contributed by atoms with Crippen LogP contribution in [0.1, 0.15) is 51.8 Å². The van der Waals surface area contributed by atoms with E-state index in [9.17, 15) is 14.4 Å². The Morgan fingerprint density at radius 1 is 1.00 bits per heavy atom. The molecule has 0 unspecified atom stereocenters. The normalized spacial score (nSPS) is 22.5. The molecule has 2 fully saturated rings. The van der Waals surface area contributed by atoms with Crippen molar-refractivity contribution in [3.05, 3.63) is 57.8 Å². The fourth-order valence-electron chi connectivity index (χ4n) is 5.03. The lowest BCUT2D eigenvalue weighted by Crippen LogP contribution is -2.56. The van der Waals surface area contributed by atoms with Crippen molar-refractivity contribution < 1.29 is 14.4 Å². The summed E-state index contributed by atoms with van der Waals surface area (Å²) in [5.74, 6) is -0.762. The van der Waals surface area contributed by atoms with E-state index in [-0.39, 0.29) is 23.8 Å². The van der Waals surface area contributed by atoms with Gasteiger partial charge >= 0.3 is 0 Å². The first-order valence-corrected chi connectivity index (χ1v) is 12.5. The third kappa shape index (κ3) is 5.45. The zero-order chi connectivity index (χ0) is 23.4. The highest BCUT2D eigenvalue weighted by Crippen LogP contribution is 2.30. The maximum Gasteiger partial charge on any atom is 0.264 e. The number of hydrogen-bond acceptors (Lipinski definition) is 5. The van der Waals surface area contributed by atoms with Crippen LogP contribution in [0.4, 0.5) is 0 Å². The van der Waals surface area contributed by atoms with Crippen LogP contribution in [-0.2, 0) is 9.59 Å². The fourth-order valence-corrected chi connectivity index (χ4v) is 5.87. The minimum Gasteiger partial charge on any atom is -0.368 e. The molecule has 1 saturated carbocycles. The number of rotatable bonds is 6. The van der Waals surface area contributed by atoms with Gasteiger partial charge in [-0.2, -0.15) is 0 Å². The first kappa shape index (κ1) is 23.4. The zero-order valence-corrected chi connectivity index (χ0v) is 19.9. The molecule has 8 heteroatoms. The van der Waals surface area contributed by atoms with E-state index in [1.165, 1.54) is 11.3 Å². The highest BCUT2D eigenvalue weighted by molar-refractivity contribution is 7.13. The van der Waals surface area contributed by atoms with Gasteiger partial charge in [-0.25, -0.2) is 0 Å². The second-order valence-electron chi connectivity index (χ2n) is 8.95. The number of thiophene rings is 1. The summed E-state index contributed by atoms with van der Waals surface area (Å²) >= 11 is 1.53. The average molecular weight is 469 g/mol. The van der Waals surface area contributed by atoms with E-state index in [0.29, 0.717) is 18.7 Å². The molecule has 0 radical (unpaired) electrons. The van der Waals surface area contributed by atoms with Crippen LogP contribution >= 0.6 is 11.3 Å². The molecule has 2 aromatic rings. The van der Waals surface area contributed by atoms with Gasteiger partial charge in [-0.05, 0) is 37.5 Å². The summed E-state index contributed by atoms with van der Waals surface area (Å²) in [4.78, 5) is 44.4. The van der Waals surface area contributed by atoms with E-state index in [0.717, 1.165) is 48.5 Å². The van der Waals surface area contributed by atoms with Crippen molar-refractivity contribution in [3.63, 3.8) is 0 Å². The van der Waals surface area contributed by atoms with Crippen molar-refractivity contribution in [1.29, 1.82) is 0 Å². The summed E-state index contributed by atoms with van der Waals surface area (Å²) < 4.78 is 0. The molecule has 176 valence electrons. The van der Waals surface area contributed by atoms with E-state index in [1.54, 1.807) is 12.1 Å². The Morgan fingerprint density at radius 3 is 2.33 bits per heavy atom. The summed E-state index contributed by atoms with van der Waals surface area (Å²) in [6.07, 6.45) is 3.82. The lowest BCUT2D eigenvalue weighted by atomic mass is 9.82. The lowest BCUT2D eigenvalue weighted by Gasteiger charge is -2.43. The molecular formula is C25H32N4O3S. The van der Waals surface area contributed by atoms with E-state index in [4.69, 9.17) is 5.73 Å². The Bertz CT molecular complexity index is 985. The fraction of sp³-hybridized carbons (Fsp3) is 0.480. The van der Waals surface area contributed by atoms with Crippen molar-refractivity contribution >= 4 is 29.1 Å². The molecule has 0 bridgehead atoms. The van der Waals surface area contributed by atoms with Gasteiger partial charge in [0.15, 0.2) is 0 Å². The second kappa shape index (κ2) is 10.5. The Kier molecular flexibility index (Phi) is 7.45. The number of nitrogens with zero attached hydrogens (tertiary/aromatic N) is 2. The van der Waals surface area contributed by atoms with Crippen LogP contribution in [0.25, 0.3) is 0 Å². The minimum absolute atomic E-state index is 0.0952. The van der Waals surface area contributed by atoms with Crippen LogP contribution in [0.2, 0.25) is 0 Å². The number of piperazine rings is 1. The van der Waals surface area contributed by atoms with Gasteiger partial charge in [0, 0.05) is 37.1 Å². The summed E-state index contributed by atoms with van der Waals surface area (Å²) in [7, 11) is 0. The van der Waals surface area contributed by atoms with E-state index >= 15 is 0 Å². The number of carbonyl (C=O) groups is 3. The van der Waals surface area contributed by atoms with Gasteiger partial charge in [-0.3, -0.25) is 19.3 Å². The van der Waals surface area contributed by atoms with Crippen LogP contribution in [-0.4, -0.2) is 59.7 Å². The minimum atomic E-state index is -0.829. The van der Waals surface area contributed by atoms with Crippen LogP contribution in [0.15, 0.2) is 42.5 Å². The molecule has 0 spiro atoms. The molecule has 1 aliphatic heterocycles. The molecule has 1 aromatic heterocycles. The highest BCUT2D eigenvalue weighted by Gasteiger charge is 2.38. The number of aryl methyl sites for hydroxylation is 1. The van der Waals surface area contributed by atoms with Crippen LogP contribution in [0.5, 0.6) is 0 Å². The average Bonchev–Trinajstić information content (AvgIpc) is 3.28. The summed E-state index contributed by atoms with van der Waals surface area (Å²) in [5, 5.41) is 2.92. The Morgan fingerprint density at radius 2 is 1.70 bits per heavy atom. The van der Waals surface area contributed by atoms with E-state index in [2.05, 4.69) is 10.2 Å². The maximum absolute atomic E-state index is 13.3. The summed E-state index contributed by atoms with van der Waals surface area (Å²) in [6.45, 7) is 4.84.